The van der Waals surface area contributed by atoms with Gasteiger partial charge in [0.05, 0.1) is 0 Å². The molecule has 2 aliphatic rings. The summed E-state index contributed by atoms with van der Waals surface area (Å²) < 4.78 is 0. The predicted molar refractivity (Wildman–Crippen MR) is 69.7 cm³/mol. The Bertz CT molecular complexity index is 199. The largest absolute Gasteiger partial charge is 0.318 e. The summed E-state index contributed by atoms with van der Waals surface area (Å²) in [5.41, 5.74) is 0. The molecule has 2 nitrogen and oxygen atoms in total. The molecule has 2 fully saturated rings. The number of fused-ring (bicyclic) bond motifs is 1. The van der Waals surface area contributed by atoms with Gasteiger partial charge in [-0.1, -0.05) is 26.2 Å². The van der Waals surface area contributed by atoms with Crippen LogP contribution in [0.3, 0.4) is 0 Å². The average molecular weight is 224 g/mol. The van der Waals surface area contributed by atoms with Crippen LogP contribution in [-0.4, -0.2) is 37.1 Å². The lowest BCUT2D eigenvalue weighted by molar-refractivity contribution is 0.125. The molecule has 1 N–H and O–H groups in total. The summed E-state index contributed by atoms with van der Waals surface area (Å²) in [6.07, 6.45) is 10.1. The Kier molecular flexibility index (Phi) is 4.66. The van der Waals surface area contributed by atoms with E-state index >= 15 is 0 Å². The van der Waals surface area contributed by atoms with Gasteiger partial charge in [0.1, 0.15) is 0 Å². The number of hydrogen-bond donors (Lipinski definition) is 1. The Morgan fingerprint density at radius 2 is 2.06 bits per heavy atom. The van der Waals surface area contributed by atoms with Gasteiger partial charge in [-0.3, -0.25) is 4.90 Å². The fourth-order valence-corrected chi connectivity index (χ4v) is 3.85. The van der Waals surface area contributed by atoms with E-state index < -0.39 is 0 Å². The molecule has 0 aromatic carbocycles. The third-order valence-corrected chi connectivity index (χ3v) is 4.58. The van der Waals surface area contributed by atoms with Gasteiger partial charge in [-0.2, -0.15) is 0 Å². The molecule has 0 amide bonds. The van der Waals surface area contributed by atoms with E-state index in [0.717, 1.165) is 18.0 Å². The van der Waals surface area contributed by atoms with Gasteiger partial charge in [-0.25, -0.2) is 0 Å². The van der Waals surface area contributed by atoms with Crippen LogP contribution in [0.2, 0.25) is 0 Å². The molecular weight excluding hydrogens is 196 g/mol. The van der Waals surface area contributed by atoms with E-state index in [1.54, 1.807) is 0 Å². The minimum Gasteiger partial charge on any atom is -0.318 e. The lowest BCUT2D eigenvalue weighted by Gasteiger charge is -2.37. The van der Waals surface area contributed by atoms with Crippen molar-refractivity contribution in [1.82, 2.24) is 10.2 Å². The molecule has 16 heavy (non-hydrogen) atoms. The van der Waals surface area contributed by atoms with Gasteiger partial charge < -0.3 is 5.32 Å². The highest BCUT2D eigenvalue weighted by atomic mass is 15.2. The first-order valence-electron chi connectivity index (χ1n) is 7.27. The first-order chi connectivity index (χ1) is 7.86. The van der Waals surface area contributed by atoms with Crippen molar-refractivity contribution in [1.29, 1.82) is 0 Å². The molecule has 94 valence electrons. The number of hydrogen-bond acceptors (Lipinski definition) is 2. The van der Waals surface area contributed by atoms with Crippen molar-refractivity contribution in [3.63, 3.8) is 0 Å². The summed E-state index contributed by atoms with van der Waals surface area (Å²) in [7, 11) is 2.09. The summed E-state index contributed by atoms with van der Waals surface area (Å²) in [6, 6.07) is 1.72. The number of nitrogens with zero attached hydrogens (tertiary/aromatic N) is 1. The number of likely N-dealkylation sites (tertiary alicyclic amines) is 1. The van der Waals surface area contributed by atoms with Crippen molar-refractivity contribution in [2.45, 2.75) is 64.0 Å². The molecule has 1 heterocycles. The molecule has 0 aromatic heterocycles. The molecule has 3 atom stereocenters. The van der Waals surface area contributed by atoms with Crippen molar-refractivity contribution >= 4 is 0 Å². The van der Waals surface area contributed by atoms with Crippen molar-refractivity contribution in [3.8, 4) is 0 Å². The van der Waals surface area contributed by atoms with Crippen LogP contribution in [0.25, 0.3) is 0 Å². The van der Waals surface area contributed by atoms with Crippen molar-refractivity contribution in [2.75, 3.05) is 20.1 Å². The van der Waals surface area contributed by atoms with Gasteiger partial charge in [-0.15, -0.1) is 0 Å². The van der Waals surface area contributed by atoms with Crippen molar-refractivity contribution < 1.29 is 0 Å². The molecule has 3 unspecified atom stereocenters. The lowest BCUT2D eigenvalue weighted by Crippen LogP contribution is -2.46. The van der Waals surface area contributed by atoms with Crippen LogP contribution in [0.15, 0.2) is 0 Å². The Morgan fingerprint density at radius 3 is 2.81 bits per heavy atom. The molecule has 0 radical (unpaired) electrons. The Balaban J connectivity index is 1.95. The van der Waals surface area contributed by atoms with Crippen LogP contribution in [-0.2, 0) is 0 Å². The Hall–Kier alpha value is -0.0800. The molecular formula is C14H28N2. The predicted octanol–water partition coefficient (Wildman–Crippen LogP) is 2.64. The highest BCUT2D eigenvalue weighted by molar-refractivity contribution is 4.93. The summed E-state index contributed by atoms with van der Waals surface area (Å²) in [4.78, 5) is 2.84. The van der Waals surface area contributed by atoms with E-state index in [4.69, 9.17) is 0 Å². The molecule has 0 aromatic rings. The molecule has 2 heteroatoms. The standard InChI is InChI=1S/C14H28N2/c1-3-6-13(11-15-2)16-10-9-12-7-4-5-8-14(12)16/h12-15H,3-11H2,1-2H3. The topological polar surface area (TPSA) is 15.3 Å². The van der Waals surface area contributed by atoms with E-state index in [2.05, 4.69) is 24.2 Å². The van der Waals surface area contributed by atoms with Crippen LogP contribution in [0.1, 0.15) is 51.9 Å². The number of likely N-dealkylation sites (N-methyl/N-ethyl adjacent to an activating group) is 1. The zero-order valence-electron chi connectivity index (χ0n) is 11.0. The van der Waals surface area contributed by atoms with Crippen LogP contribution < -0.4 is 5.32 Å². The van der Waals surface area contributed by atoms with E-state index in [1.165, 1.54) is 58.0 Å². The fraction of sp³-hybridized carbons (Fsp3) is 1.00. The van der Waals surface area contributed by atoms with Gasteiger partial charge >= 0.3 is 0 Å². The molecule has 0 spiro atoms. The van der Waals surface area contributed by atoms with Gasteiger partial charge in [0.25, 0.3) is 0 Å². The quantitative estimate of drug-likeness (QED) is 0.772. The molecule has 0 bridgehead atoms. The summed E-state index contributed by atoms with van der Waals surface area (Å²) in [6.45, 7) is 4.86. The van der Waals surface area contributed by atoms with Crippen molar-refractivity contribution in [3.05, 3.63) is 0 Å². The summed E-state index contributed by atoms with van der Waals surface area (Å²) >= 11 is 0. The van der Waals surface area contributed by atoms with E-state index in [-0.39, 0.29) is 0 Å². The molecule has 2 rings (SSSR count). The maximum absolute atomic E-state index is 3.38. The molecule has 1 saturated heterocycles. The summed E-state index contributed by atoms with van der Waals surface area (Å²) in [5.74, 6) is 1.03. The SMILES string of the molecule is CCCC(CNC)N1CCC2CCCCC21. The second-order valence-corrected chi connectivity index (χ2v) is 5.64. The zero-order chi connectivity index (χ0) is 11.4. The fourth-order valence-electron chi connectivity index (χ4n) is 3.85. The van der Waals surface area contributed by atoms with Crippen LogP contribution >= 0.6 is 0 Å². The third kappa shape index (κ3) is 2.60. The smallest absolute Gasteiger partial charge is 0.0223 e. The lowest BCUT2D eigenvalue weighted by atomic mass is 9.85. The monoisotopic (exact) mass is 224 g/mol. The molecule has 1 aliphatic carbocycles. The second-order valence-electron chi connectivity index (χ2n) is 5.64. The van der Waals surface area contributed by atoms with E-state index in [1.807, 2.05) is 0 Å². The van der Waals surface area contributed by atoms with E-state index in [9.17, 15) is 0 Å². The Labute approximate surface area is 101 Å². The van der Waals surface area contributed by atoms with Crippen LogP contribution in [0.5, 0.6) is 0 Å². The average Bonchev–Trinajstić information content (AvgIpc) is 2.72. The highest BCUT2D eigenvalue weighted by Crippen LogP contribution is 2.37. The second kappa shape index (κ2) is 6.02. The minimum absolute atomic E-state index is 0.795. The van der Waals surface area contributed by atoms with Crippen LogP contribution in [0.4, 0.5) is 0 Å². The normalized spacial score (nSPS) is 32.6. The number of rotatable bonds is 5. The first-order valence-corrected chi connectivity index (χ1v) is 7.27. The molecule has 1 saturated carbocycles. The zero-order valence-corrected chi connectivity index (χ0v) is 11.0. The van der Waals surface area contributed by atoms with E-state index in [0.29, 0.717) is 0 Å². The van der Waals surface area contributed by atoms with Crippen molar-refractivity contribution in [2.24, 2.45) is 5.92 Å². The minimum atomic E-state index is 0.795. The Morgan fingerprint density at radius 1 is 1.25 bits per heavy atom. The maximum Gasteiger partial charge on any atom is 0.0223 e. The van der Waals surface area contributed by atoms with Gasteiger partial charge in [0.15, 0.2) is 0 Å². The third-order valence-electron chi connectivity index (χ3n) is 4.58. The highest BCUT2D eigenvalue weighted by Gasteiger charge is 2.38. The van der Waals surface area contributed by atoms with Gasteiger partial charge in [0.2, 0.25) is 0 Å². The van der Waals surface area contributed by atoms with Crippen LogP contribution in [0, 0.1) is 5.92 Å². The maximum atomic E-state index is 3.38. The summed E-state index contributed by atoms with van der Waals surface area (Å²) in [5, 5.41) is 3.38. The number of nitrogens with one attached hydrogen (secondary N) is 1. The van der Waals surface area contributed by atoms with Gasteiger partial charge in [-0.05, 0) is 45.2 Å². The molecule has 1 aliphatic heterocycles. The first kappa shape index (κ1) is 12.4. The van der Waals surface area contributed by atoms with Gasteiger partial charge in [0, 0.05) is 18.6 Å².